The number of carbonyl (C=O) groups excluding carboxylic acids is 2. The summed E-state index contributed by atoms with van der Waals surface area (Å²) in [4.78, 5) is 29.1. The number of ether oxygens (including phenoxy) is 1. The molecule has 0 atom stereocenters. The summed E-state index contributed by atoms with van der Waals surface area (Å²) in [6.07, 6.45) is 3.52. The van der Waals surface area contributed by atoms with Crippen molar-refractivity contribution in [3.63, 3.8) is 0 Å². The number of esters is 1. The molecule has 2 aromatic heterocycles. The second-order valence-corrected chi connectivity index (χ2v) is 7.36. The first-order valence-corrected chi connectivity index (χ1v) is 9.99. The number of hydrogen-bond acceptors (Lipinski definition) is 5. The highest BCUT2D eigenvalue weighted by molar-refractivity contribution is 9.10. The van der Waals surface area contributed by atoms with Crippen LogP contribution < -0.4 is 5.32 Å². The number of benzene rings is 1. The van der Waals surface area contributed by atoms with E-state index in [9.17, 15) is 9.59 Å². The lowest BCUT2D eigenvalue weighted by atomic mass is 10.1. The molecule has 1 N–H and O–H groups in total. The van der Waals surface area contributed by atoms with Gasteiger partial charge in [0.2, 0.25) is 5.91 Å². The van der Waals surface area contributed by atoms with E-state index in [0.29, 0.717) is 10.6 Å². The number of aromatic nitrogens is 1. The van der Waals surface area contributed by atoms with Crippen molar-refractivity contribution >= 4 is 44.1 Å². The van der Waals surface area contributed by atoms with E-state index in [1.54, 1.807) is 19.3 Å². The molecule has 3 rings (SSSR count). The van der Waals surface area contributed by atoms with Gasteiger partial charge >= 0.3 is 5.97 Å². The zero-order valence-electron chi connectivity index (χ0n) is 14.6. The predicted molar refractivity (Wildman–Crippen MR) is 110 cm³/mol. The largest absolute Gasteiger partial charge is 0.462 e. The summed E-state index contributed by atoms with van der Waals surface area (Å²) < 4.78 is 6.07. The summed E-state index contributed by atoms with van der Waals surface area (Å²) in [7, 11) is 0. The molecule has 0 radical (unpaired) electrons. The van der Waals surface area contributed by atoms with Gasteiger partial charge in [0, 0.05) is 27.8 Å². The summed E-state index contributed by atoms with van der Waals surface area (Å²) in [5.41, 5.74) is 2.81. The molecule has 0 saturated heterocycles. The van der Waals surface area contributed by atoms with Gasteiger partial charge in [-0.1, -0.05) is 34.1 Å². The number of pyridine rings is 1. The average molecular weight is 445 g/mol. The Balaban J connectivity index is 1.88. The molecule has 2 heterocycles. The van der Waals surface area contributed by atoms with Gasteiger partial charge in [-0.3, -0.25) is 9.78 Å². The monoisotopic (exact) mass is 444 g/mol. The van der Waals surface area contributed by atoms with Crippen molar-refractivity contribution in [2.75, 3.05) is 11.9 Å². The molecule has 5 nitrogen and oxygen atoms in total. The summed E-state index contributed by atoms with van der Waals surface area (Å²) in [5.74, 6) is -0.655. The lowest BCUT2D eigenvalue weighted by Gasteiger charge is -2.09. The maximum absolute atomic E-state index is 12.5. The van der Waals surface area contributed by atoms with Crippen LogP contribution in [0.4, 0.5) is 5.00 Å². The van der Waals surface area contributed by atoms with E-state index in [1.165, 1.54) is 11.3 Å². The van der Waals surface area contributed by atoms with Gasteiger partial charge in [-0.2, -0.15) is 0 Å². The van der Waals surface area contributed by atoms with Crippen LogP contribution in [-0.2, 0) is 16.0 Å². The van der Waals surface area contributed by atoms with Gasteiger partial charge in [0.15, 0.2) is 0 Å². The minimum absolute atomic E-state index is 0.199. The van der Waals surface area contributed by atoms with Crippen LogP contribution in [0.15, 0.2) is 58.6 Å². The van der Waals surface area contributed by atoms with Crippen molar-refractivity contribution in [3.05, 3.63) is 69.8 Å². The molecule has 27 heavy (non-hydrogen) atoms. The molecule has 7 heteroatoms. The number of carbonyl (C=O) groups is 2. The van der Waals surface area contributed by atoms with Crippen LogP contribution in [0.2, 0.25) is 0 Å². The van der Waals surface area contributed by atoms with Crippen LogP contribution >= 0.6 is 27.3 Å². The first-order chi connectivity index (χ1) is 13.1. The van der Waals surface area contributed by atoms with Crippen molar-refractivity contribution in [2.45, 2.75) is 13.3 Å². The molecule has 1 amide bonds. The van der Waals surface area contributed by atoms with Crippen LogP contribution in [0.25, 0.3) is 11.1 Å². The first kappa shape index (κ1) is 19.3. The van der Waals surface area contributed by atoms with Crippen LogP contribution in [0, 0.1) is 0 Å². The summed E-state index contributed by atoms with van der Waals surface area (Å²) in [5, 5.41) is 5.18. The third kappa shape index (κ3) is 4.61. The summed E-state index contributed by atoms with van der Waals surface area (Å²) in [6, 6.07) is 11.2. The number of nitrogens with one attached hydrogen (secondary N) is 1. The number of rotatable bonds is 6. The van der Waals surface area contributed by atoms with Crippen molar-refractivity contribution < 1.29 is 14.3 Å². The maximum Gasteiger partial charge on any atom is 0.341 e. The van der Waals surface area contributed by atoms with Crippen molar-refractivity contribution in [3.8, 4) is 11.1 Å². The second kappa shape index (κ2) is 8.92. The van der Waals surface area contributed by atoms with Crippen molar-refractivity contribution in [1.82, 2.24) is 4.98 Å². The van der Waals surface area contributed by atoms with Crippen molar-refractivity contribution in [2.24, 2.45) is 0 Å². The van der Waals surface area contributed by atoms with E-state index < -0.39 is 5.97 Å². The van der Waals surface area contributed by atoms with E-state index >= 15 is 0 Å². The number of amides is 1. The fraction of sp³-hybridized carbons (Fsp3) is 0.150. The first-order valence-electron chi connectivity index (χ1n) is 8.32. The molecule has 0 saturated carbocycles. The molecule has 0 bridgehead atoms. The predicted octanol–water partition coefficient (Wildman–Crippen LogP) is 4.93. The Kier molecular flexibility index (Phi) is 6.36. The number of thiophene rings is 1. The Hall–Kier alpha value is -2.51. The Morgan fingerprint density at radius 2 is 1.93 bits per heavy atom. The molecule has 3 aromatic rings. The molecule has 0 unspecified atom stereocenters. The molecule has 0 aliphatic carbocycles. The number of nitrogens with zero attached hydrogens (tertiary/aromatic N) is 1. The highest BCUT2D eigenvalue weighted by Crippen LogP contribution is 2.36. The van der Waals surface area contributed by atoms with Crippen molar-refractivity contribution in [1.29, 1.82) is 0 Å². The third-order valence-electron chi connectivity index (χ3n) is 3.82. The SMILES string of the molecule is CCOC(=O)c1c(-c2ccncc2)csc1NC(=O)Cc1ccccc1Br. The van der Waals surface area contributed by atoms with Crippen LogP contribution in [0.5, 0.6) is 0 Å². The zero-order chi connectivity index (χ0) is 19.2. The molecule has 138 valence electrons. The Morgan fingerprint density at radius 3 is 2.63 bits per heavy atom. The minimum atomic E-state index is -0.457. The second-order valence-electron chi connectivity index (χ2n) is 5.63. The fourth-order valence-electron chi connectivity index (χ4n) is 2.59. The molecule has 0 aliphatic heterocycles. The van der Waals surface area contributed by atoms with Crippen LogP contribution in [-0.4, -0.2) is 23.5 Å². The standard InChI is InChI=1S/C20H17BrN2O3S/c1-2-26-20(25)18-15(13-7-9-22-10-8-13)12-27-19(18)23-17(24)11-14-5-3-4-6-16(14)21/h3-10,12H,2,11H2,1H3,(H,23,24). The van der Waals surface area contributed by atoms with E-state index in [0.717, 1.165) is 21.2 Å². The highest BCUT2D eigenvalue weighted by atomic mass is 79.9. The van der Waals surface area contributed by atoms with Crippen LogP contribution in [0.3, 0.4) is 0 Å². The highest BCUT2D eigenvalue weighted by Gasteiger charge is 2.23. The maximum atomic E-state index is 12.5. The quantitative estimate of drug-likeness (QED) is 0.547. The average Bonchev–Trinajstić information content (AvgIpc) is 3.08. The fourth-order valence-corrected chi connectivity index (χ4v) is 3.98. The lowest BCUT2D eigenvalue weighted by molar-refractivity contribution is -0.115. The normalized spacial score (nSPS) is 10.4. The minimum Gasteiger partial charge on any atom is -0.462 e. The molecular formula is C20H17BrN2O3S. The summed E-state index contributed by atoms with van der Waals surface area (Å²) in [6.45, 7) is 2.01. The van der Waals surface area contributed by atoms with Gasteiger partial charge in [0.1, 0.15) is 10.6 Å². The van der Waals surface area contributed by atoms with Gasteiger partial charge in [0.25, 0.3) is 0 Å². The van der Waals surface area contributed by atoms with Gasteiger partial charge < -0.3 is 10.1 Å². The third-order valence-corrected chi connectivity index (χ3v) is 5.49. The van der Waals surface area contributed by atoms with Gasteiger partial charge in [-0.15, -0.1) is 11.3 Å². The zero-order valence-corrected chi connectivity index (χ0v) is 17.0. The topological polar surface area (TPSA) is 68.3 Å². The number of halogens is 1. The lowest BCUT2D eigenvalue weighted by Crippen LogP contribution is -2.16. The smallest absolute Gasteiger partial charge is 0.341 e. The number of anilines is 1. The Morgan fingerprint density at radius 1 is 1.19 bits per heavy atom. The van der Waals surface area contributed by atoms with E-state index in [1.807, 2.05) is 41.8 Å². The van der Waals surface area contributed by atoms with Gasteiger partial charge in [-0.05, 0) is 36.2 Å². The Bertz CT molecular complexity index is 957. The molecule has 0 spiro atoms. The molecular weight excluding hydrogens is 428 g/mol. The van der Waals surface area contributed by atoms with E-state index in [-0.39, 0.29) is 18.9 Å². The molecule has 0 aliphatic rings. The van der Waals surface area contributed by atoms with Crippen LogP contribution in [0.1, 0.15) is 22.8 Å². The van der Waals surface area contributed by atoms with Gasteiger partial charge in [0.05, 0.1) is 13.0 Å². The number of hydrogen-bond donors (Lipinski definition) is 1. The van der Waals surface area contributed by atoms with E-state index in [2.05, 4.69) is 26.2 Å². The van der Waals surface area contributed by atoms with Gasteiger partial charge in [-0.25, -0.2) is 4.79 Å². The molecule has 0 fully saturated rings. The molecule has 1 aromatic carbocycles. The van der Waals surface area contributed by atoms with E-state index in [4.69, 9.17) is 4.74 Å². The Labute approximate surface area is 169 Å². The summed E-state index contributed by atoms with van der Waals surface area (Å²) >= 11 is 4.75.